The smallest absolute Gasteiger partial charge is 0.255 e. The molecule has 0 spiro atoms. The molecule has 5 rings (SSSR count). The summed E-state index contributed by atoms with van der Waals surface area (Å²) in [5, 5.41) is 4.28. The fourth-order valence-corrected chi connectivity index (χ4v) is 5.48. The van der Waals surface area contributed by atoms with Crippen LogP contribution in [0, 0.1) is 0 Å². The van der Waals surface area contributed by atoms with Gasteiger partial charge in [0.25, 0.3) is 5.91 Å². The molecule has 0 radical (unpaired) electrons. The van der Waals surface area contributed by atoms with Gasteiger partial charge in [-0.1, -0.05) is 31.5 Å². The molecule has 1 amide bonds. The number of amides is 1. The van der Waals surface area contributed by atoms with Crippen molar-refractivity contribution in [2.75, 3.05) is 18.4 Å². The van der Waals surface area contributed by atoms with Crippen LogP contribution in [0.5, 0.6) is 0 Å². The molecule has 2 aliphatic rings. The number of rotatable bonds is 6. The van der Waals surface area contributed by atoms with Gasteiger partial charge >= 0.3 is 0 Å². The van der Waals surface area contributed by atoms with Gasteiger partial charge in [0.15, 0.2) is 0 Å². The van der Waals surface area contributed by atoms with Gasteiger partial charge in [-0.05, 0) is 87.4 Å². The third kappa shape index (κ3) is 4.14. The fourth-order valence-electron chi connectivity index (χ4n) is 5.48. The first-order chi connectivity index (χ1) is 15.2. The lowest BCUT2D eigenvalue weighted by Gasteiger charge is -2.34. The average molecular weight is 417 g/mol. The lowest BCUT2D eigenvalue weighted by atomic mass is 9.85. The summed E-state index contributed by atoms with van der Waals surface area (Å²) < 4.78 is 5.90. The molecule has 2 aromatic carbocycles. The van der Waals surface area contributed by atoms with E-state index in [1.807, 2.05) is 36.6 Å². The van der Waals surface area contributed by atoms with Crippen molar-refractivity contribution >= 4 is 22.6 Å². The van der Waals surface area contributed by atoms with E-state index < -0.39 is 0 Å². The van der Waals surface area contributed by atoms with Gasteiger partial charge in [0.05, 0.1) is 6.26 Å². The fraction of sp³-hybridized carbons (Fsp3) is 0.444. The molecular weight excluding hydrogens is 384 g/mol. The number of fused-ring (bicyclic) bond motifs is 2. The number of anilines is 1. The van der Waals surface area contributed by atoms with Gasteiger partial charge in [0, 0.05) is 28.2 Å². The lowest BCUT2D eigenvalue weighted by molar-refractivity contribution is 0.102. The Balaban J connectivity index is 1.37. The normalized spacial score (nSPS) is 21.3. The van der Waals surface area contributed by atoms with E-state index in [1.165, 1.54) is 44.3 Å². The molecule has 0 saturated carbocycles. The van der Waals surface area contributed by atoms with E-state index in [2.05, 4.69) is 29.3 Å². The van der Waals surface area contributed by atoms with Crippen LogP contribution in [0.3, 0.4) is 0 Å². The molecular formula is C27H32N2O2. The Hall–Kier alpha value is -2.59. The van der Waals surface area contributed by atoms with Crippen LogP contribution in [0.4, 0.5) is 5.69 Å². The van der Waals surface area contributed by atoms with E-state index in [0.717, 1.165) is 53.1 Å². The Kier molecular flexibility index (Phi) is 5.82. The van der Waals surface area contributed by atoms with Crippen molar-refractivity contribution in [3.63, 3.8) is 0 Å². The highest BCUT2D eigenvalue weighted by atomic mass is 16.3. The third-order valence-electron chi connectivity index (χ3n) is 7.18. The predicted octanol–water partition coefficient (Wildman–Crippen LogP) is 6.37. The summed E-state index contributed by atoms with van der Waals surface area (Å²) in [4.78, 5) is 15.7. The summed E-state index contributed by atoms with van der Waals surface area (Å²) in [5.74, 6) is 0.511. The van der Waals surface area contributed by atoms with Crippen LogP contribution in [0.25, 0.3) is 11.0 Å². The van der Waals surface area contributed by atoms with E-state index in [1.54, 1.807) is 0 Å². The van der Waals surface area contributed by atoms with Crippen molar-refractivity contribution in [1.82, 2.24) is 4.90 Å². The molecule has 2 atom stereocenters. The Morgan fingerprint density at radius 3 is 2.97 bits per heavy atom. The Bertz CT molecular complexity index is 1070. The van der Waals surface area contributed by atoms with Gasteiger partial charge in [-0.3, -0.25) is 4.79 Å². The number of carbonyl (C=O) groups excluding carboxylic acids is 1. The number of piperidine rings is 1. The molecule has 1 N–H and O–H groups in total. The summed E-state index contributed by atoms with van der Waals surface area (Å²) in [7, 11) is 0. The maximum Gasteiger partial charge on any atom is 0.255 e. The van der Waals surface area contributed by atoms with E-state index in [-0.39, 0.29) is 5.91 Å². The maximum absolute atomic E-state index is 13.0. The lowest BCUT2D eigenvalue weighted by Crippen LogP contribution is -2.37. The number of nitrogens with zero attached hydrogens (tertiary/aromatic N) is 1. The molecule has 4 heteroatoms. The highest BCUT2D eigenvalue weighted by molar-refractivity contribution is 6.06. The second-order valence-electron chi connectivity index (χ2n) is 9.17. The van der Waals surface area contributed by atoms with Crippen molar-refractivity contribution < 1.29 is 9.21 Å². The maximum atomic E-state index is 13.0. The molecule has 3 aromatic rings. The average Bonchev–Trinajstić information content (AvgIpc) is 3.43. The zero-order valence-corrected chi connectivity index (χ0v) is 18.4. The first-order valence-electron chi connectivity index (χ1n) is 11.9. The molecule has 31 heavy (non-hydrogen) atoms. The van der Waals surface area contributed by atoms with Gasteiger partial charge in [0.1, 0.15) is 5.58 Å². The van der Waals surface area contributed by atoms with Crippen molar-refractivity contribution in [1.29, 1.82) is 0 Å². The van der Waals surface area contributed by atoms with Crippen molar-refractivity contribution in [2.24, 2.45) is 0 Å². The summed E-state index contributed by atoms with van der Waals surface area (Å²) in [5.41, 5.74) is 4.95. The molecule has 162 valence electrons. The molecule has 2 unspecified atom stereocenters. The van der Waals surface area contributed by atoms with Crippen LogP contribution >= 0.6 is 0 Å². The molecule has 0 aliphatic carbocycles. The van der Waals surface area contributed by atoms with Crippen LogP contribution in [0.1, 0.15) is 72.9 Å². The van der Waals surface area contributed by atoms with E-state index in [9.17, 15) is 4.79 Å². The Morgan fingerprint density at radius 1 is 1.16 bits per heavy atom. The molecule has 1 aromatic heterocycles. The number of carbonyl (C=O) groups is 1. The van der Waals surface area contributed by atoms with Gasteiger partial charge in [-0.15, -0.1) is 0 Å². The summed E-state index contributed by atoms with van der Waals surface area (Å²) in [6.07, 6.45) is 10.2. The van der Waals surface area contributed by atoms with Gasteiger partial charge in [0.2, 0.25) is 0 Å². The van der Waals surface area contributed by atoms with Gasteiger partial charge in [-0.25, -0.2) is 0 Å². The summed E-state index contributed by atoms with van der Waals surface area (Å²) >= 11 is 0. The number of benzene rings is 2. The quantitative estimate of drug-likeness (QED) is 0.508. The first kappa shape index (κ1) is 20.3. The van der Waals surface area contributed by atoms with Crippen molar-refractivity contribution in [3.05, 3.63) is 65.4 Å². The molecule has 4 nitrogen and oxygen atoms in total. The van der Waals surface area contributed by atoms with Crippen LogP contribution in [-0.2, 0) is 6.42 Å². The molecule has 2 fully saturated rings. The number of hydrogen-bond acceptors (Lipinski definition) is 3. The van der Waals surface area contributed by atoms with Crippen LogP contribution in [-0.4, -0.2) is 29.9 Å². The summed E-state index contributed by atoms with van der Waals surface area (Å²) in [6.45, 7) is 4.63. The highest BCUT2D eigenvalue weighted by Crippen LogP contribution is 2.40. The number of nitrogens with one attached hydrogen (secondary N) is 1. The Morgan fingerprint density at radius 2 is 2.06 bits per heavy atom. The zero-order valence-electron chi connectivity index (χ0n) is 18.4. The minimum atomic E-state index is -0.0321. The largest absolute Gasteiger partial charge is 0.464 e. The van der Waals surface area contributed by atoms with E-state index >= 15 is 0 Å². The van der Waals surface area contributed by atoms with E-state index in [4.69, 9.17) is 4.42 Å². The molecule has 2 saturated heterocycles. The minimum Gasteiger partial charge on any atom is -0.464 e. The first-order valence-corrected chi connectivity index (χ1v) is 11.9. The van der Waals surface area contributed by atoms with Gasteiger partial charge in [-0.2, -0.15) is 0 Å². The Labute approximate surface area is 184 Å². The molecule has 3 heterocycles. The van der Waals surface area contributed by atoms with Crippen LogP contribution < -0.4 is 5.32 Å². The number of furan rings is 1. The van der Waals surface area contributed by atoms with Gasteiger partial charge < -0.3 is 14.6 Å². The standard InChI is InChI=1S/C27H32N2O2/c1-2-3-7-19-8-4-5-10-23(19)27(30)28-21-11-12-26-24(17-21)25(18-31-26)20-13-15-29-14-6-9-22(29)16-20/h4-5,8,10-12,17-18,20,22H,2-3,6-7,9,13-16H2,1H3,(H,28,30). The zero-order chi connectivity index (χ0) is 21.2. The number of hydrogen-bond donors (Lipinski definition) is 1. The summed E-state index contributed by atoms with van der Waals surface area (Å²) in [6, 6.07) is 14.7. The van der Waals surface area contributed by atoms with Crippen LogP contribution in [0.2, 0.25) is 0 Å². The third-order valence-corrected chi connectivity index (χ3v) is 7.18. The van der Waals surface area contributed by atoms with E-state index in [0.29, 0.717) is 5.92 Å². The molecule has 2 aliphatic heterocycles. The monoisotopic (exact) mass is 416 g/mol. The van der Waals surface area contributed by atoms with Crippen LogP contribution in [0.15, 0.2) is 53.1 Å². The van der Waals surface area contributed by atoms with Crippen molar-refractivity contribution in [2.45, 2.75) is 63.8 Å². The SMILES string of the molecule is CCCCc1ccccc1C(=O)Nc1ccc2occ(C3CCN4CCCC4C3)c2c1. The highest BCUT2D eigenvalue weighted by Gasteiger charge is 2.33. The minimum absolute atomic E-state index is 0.0321. The predicted molar refractivity (Wildman–Crippen MR) is 126 cm³/mol. The number of unbranched alkanes of at least 4 members (excludes halogenated alkanes) is 1. The second-order valence-corrected chi connectivity index (χ2v) is 9.17. The van der Waals surface area contributed by atoms with Crippen molar-refractivity contribution in [3.8, 4) is 0 Å². The number of aryl methyl sites for hydroxylation is 1. The topological polar surface area (TPSA) is 45.5 Å². The second kappa shape index (κ2) is 8.88. The molecule has 0 bridgehead atoms.